The van der Waals surface area contributed by atoms with E-state index in [0.29, 0.717) is 13.1 Å². The number of esters is 1. The molecule has 7 nitrogen and oxygen atoms in total. The molecule has 32 heavy (non-hydrogen) atoms. The minimum absolute atomic E-state index is 0. The fourth-order valence-corrected chi connectivity index (χ4v) is 4.55. The lowest BCUT2D eigenvalue weighted by Crippen LogP contribution is -2.45. The summed E-state index contributed by atoms with van der Waals surface area (Å²) in [7, 11) is 1.47. The third-order valence-corrected chi connectivity index (χ3v) is 6.57. The second-order valence-corrected chi connectivity index (χ2v) is 8.66. The molecule has 1 aromatic carbocycles. The van der Waals surface area contributed by atoms with Crippen LogP contribution in [0.4, 0.5) is 0 Å². The van der Waals surface area contributed by atoms with Crippen molar-refractivity contribution >= 4 is 35.9 Å². The Morgan fingerprint density at radius 2 is 1.75 bits per heavy atom. The number of carbonyl (C=O) groups excluding carboxylic acids is 1. The first-order valence-electron chi connectivity index (χ1n) is 11.7. The number of carbonyl (C=O) groups is 1. The first-order valence-corrected chi connectivity index (χ1v) is 11.7. The topological polar surface area (TPSA) is 60.4 Å². The summed E-state index contributed by atoms with van der Waals surface area (Å²) in [6, 6.07) is 8.64. The number of aliphatic imine (C=N–C) groups is 1. The highest BCUT2D eigenvalue weighted by atomic mass is 127. The van der Waals surface area contributed by atoms with Crippen LogP contribution in [-0.4, -0.2) is 86.1 Å². The molecule has 0 amide bonds. The maximum atomic E-state index is 12.1. The Hall–Kier alpha value is -1.39. The number of piperazine rings is 1. The largest absolute Gasteiger partial charge is 0.469 e. The predicted octanol–water partition coefficient (Wildman–Crippen LogP) is 2.65. The van der Waals surface area contributed by atoms with Crippen molar-refractivity contribution in [2.24, 2.45) is 16.8 Å². The predicted molar refractivity (Wildman–Crippen MR) is 140 cm³/mol. The van der Waals surface area contributed by atoms with Gasteiger partial charge in [-0.3, -0.25) is 9.69 Å². The Balaban J connectivity index is 0.00000363. The highest BCUT2D eigenvalue weighted by molar-refractivity contribution is 14.0. The smallest absolute Gasteiger partial charge is 0.310 e. The quantitative estimate of drug-likeness (QED) is 0.241. The van der Waals surface area contributed by atoms with Crippen LogP contribution in [0.3, 0.4) is 0 Å². The van der Waals surface area contributed by atoms with E-state index in [2.05, 4.69) is 65.1 Å². The van der Waals surface area contributed by atoms with E-state index in [0.717, 1.165) is 58.3 Å². The summed E-state index contributed by atoms with van der Waals surface area (Å²) in [5, 5.41) is 3.41. The van der Waals surface area contributed by atoms with E-state index in [-0.39, 0.29) is 41.8 Å². The lowest BCUT2D eigenvalue weighted by molar-refractivity contribution is -0.145. The third kappa shape index (κ3) is 7.05. The summed E-state index contributed by atoms with van der Waals surface area (Å²) >= 11 is 0. The van der Waals surface area contributed by atoms with E-state index >= 15 is 0 Å². The molecule has 2 aliphatic rings. The summed E-state index contributed by atoms with van der Waals surface area (Å²) in [4.78, 5) is 24.3. The Bertz CT molecular complexity index is 752. The van der Waals surface area contributed by atoms with Crippen molar-refractivity contribution in [3.05, 3.63) is 35.4 Å². The zero-order valence-electron chi connectivity index (χ0n) is 20.0. The van der Waals surface area contributed by atoms with Gasteiger partial charge in [-0.15, -0.1) is 24.0 Å². The Kier molecular flexibility index (Phi) is 11.2. The van der Waals surface area contributed by atoms with Crippen molar-refractivity contribution in [3.63, 3.8) is 0 Å². The molecule has 0 bridgehead atoms. The molecule has 0 aromatic heterocycles. The second-order valence-electron chi connectivity index (χ2n) is 8.66. The fourth-order valence-electron chi connectivity index (χ4n) is 4.55. The van der Waals surface area contributed by atoms with Crippen LogP contribution in [0.15, 0.2) is 29.3 Å². The summed E-state index contributed by atoms with van der Waals surface area (Å²) < 4.78 is 4.99. The lowest BCUT2D eigenvalue weighted by Gasteiger charge is -2.34. The van der Waals surface area contributed by atoms with Crippen LogP contribution >= 0.6 is 24.0 Å². The number of benzene rings is 1. The van der Waals surface area contributed by atoms with Crippen molar-refractivity contribution in [2.45, 2.75) is 33.9 Å². The van der Waals surface area contributed by atoms with Crippen LogP contribution in [0.5, 0.6) is 0 Å². The monoisotopic (exact) mass is 557 g/mol. The number of guanidine groups is 1. The van der Waals surface area contributed by atoms with Gasteiger partial charge in [0.15, 0.2) is 5.96 Å². The summed E-state index contributed by atoms with van der Waals surface area (Å²) in [6.45, 7) is 16.0. The molecule has 2 fully saturated rings. The van der Waals surface area contributed by atoms with Gasteiger partial charge in [0.25, 0.3) is 0 Å². The molecule has 0 saturated carbocycles. The average Bonchev–Trinajstić information content (AvgIpc) is 3.19. The van der Waals surface area contributed by atoms with Crippen LogP contribution in [-0.2, 0) is 22.6 Å². The molecular formula is C24H40IN5O2. The Labute approximate surface area is 210 Å². The van der Waals surface area contributed by atoms with Gasteiger partial charge in [-0.1, -0.05) is 38.1 Å². The number of hydrogen-bond acceptors (Lipinski definition) is 5. The standard InChI is InChI=1S/C24H39N5O2.HI/c1-5-25-24(29-16-19(3)22(18-29)23(30)31-4)26-15-20-9-7-8-10-21(20)17-28-13-11-27(6-2)12-14-28;/h7-10,19,22H,5-6,11-18H2,1-4H3,(H,25,26);1H. The summed E-state index contributed by atoms with van der Waals surface area (Å²) in [5.74, 6) is 0.916. The zero-order chi connectivity index (χ0) is 22.2. The number of halogens is 1. The number of nitrogens with zero attached hydrogens (tertiary/aromatic N) is 4. The van der Waals surface area contributed by atoms with Gasteiger partial charge in [-0.25, -0.2) is 4.99 Å². The maximum Gasteiger partial charge on any atom is 0.310 e. The molecule has 0 radical (unpaired) electrons. The van der Waals surface area contributed by atoms with Gasteiger partial charge in [-0.05, 0) is 30.5 Å². The normalized spacial score (nSPS) is 22.5. The molecule has 0 spiro atoms. The number of likely N-dealkylation sites (tertiary alicyclic amines) is 1. The number of methoxy groups -OCH3 is 1. The molecule has 2 saturated heterocycles. The van der Waals surface area contributed by atoms with Crippen LogP contribution in [0.1, 0.15) is 31.9 Å². The number of hydrogen-bond donors (Lipinski definition) is 1. The molecule has 2 heterocycles. The molecule has 180 valence electrons. The van der Waals surface area contributed by atoms with Gasteiger partial charge in [0, 0.05) is 52.4 Å². The minimum atomic E-state index is -0.126. The number of nitrogens with one attached hydrogen (secondary N) is 1. The van der Waals surface area contributed by atoms with Crippen molar-refractivity contribution in [1.29, 1.82) is 0 Å². The molecule has 2 atom stereocenters. The van der Waals surface area contributed by atoms with E-state index in [1.165, 1.54) is 18.2 Å². The molecule has 1 aromatic rings. The van der Waals surface area contributed by atoms with Crippen molar-refractivity contribution in [3.8, 4) is 0 Å². The van der Waals surface area contributed by atoms with Gasteiger partial charge in [0.1, 0.15) is 0 Å². The first kappa shape index (κ1) is 26.9. The minimum Gasteiger partial charge on any atom is -0.469 e. The van der Waals surface area contributed by atoms with E-state index in [1.54, 1.807) is 0 Å². The van der Waals surface area contributed by atoms with Gasteiger partial charge < -0.3 is 19.9 Å². The lowest BCUT2D eigenvalue weighted by atomic mass is 9.99. The summed E-state index contributed by atoms with van der Waals surface area (Å²) in [6.07, 6.45) is 0. The molecule has 8 heteroatoms. The first-order chi connectivity index (χ1) is 15.0. The number of rotatable bonds is 7. The molecule has 3 rings (SSSR count). The zero-order valence-corrected chi connectivity index (χ0v) is 22.4. The maximum absolute atomic E-state index is 12.1. The van der Waals surface area contributed by atoms with Crippen molar-refractivity contribution in [1.82, 2.24) is 20.0 Å². The summed E-state index contributed by atoms with van der Waals surface area (Å²) in [5.41, 5.74) is 2.63. The fraction of sp³-hybridized carbons (Fsp3) is 0.667. The highest BCUT2D eigenvalue weighted by Gasteiger charge is 2.36. The molecule has 1 N–H and O–H groups in total. The van der Waals surface area contributed by atoms with Crippen molar-refractivity contribution in [2.75, 3.05) is 59.5 Å². The third-order valence-electron chi connectivity index (χ3n) is 6.57. The van der Waals surface area contributed by atoms with Crippen LogP contribution in [0.25, 0.3) is 0 Å². The number of ether oxygens (including phenoxy) is 1. The van der Waals surface area contributed by atoms with Gasteiger partial charge in [-0.2, -0.15) is 0 Å². The second kappa shape index (κ2) is 13.3. The van der Waals surface area contributed by atoms with Gasteiger partial charge in [0.05, 0.1) is 19.6 Å². The van der Waals surface area contributed by atoms with Crippen LogP contribution in [0, 0.1) is 11.8 Å². The molecule has 2 unspecified atom stereocenters. The van der Waals surface area contributed by atoms with Crippen molar-refractivity contribution < 1.29 is 9.53 Å². The Morgan fingerprint density at radius 3 is 2.38 bits per heavy atom. The highest BCUT2D eigenvalue weighted by Crippen LogP contribution is 2.24. The average molecular weight is 558 g/mol. The van der Waals surface area contributed by atoms with Gasteiger partial charge in [0.2, 0.25) is 0 Å². The number of likely N-dealkylation sites (N-methyl/N-ethyl adjacent to an activating group) is 1. The van der Waals surface area contributed by atoms with E-state index in [4.69, 9.17) is 9.73 Å². The Morgan fingerprint density at radius 1 is 1.09 bits per heavy atom. The van der Waals surface area contributed by atoms with Crippen LogP contribution in [0.2, 0.25) is 0 Å². The van der Waals surface area contributed by atoms with E-state index in [1.807, 2.05) is 0 Å². The van der Waals surface area contributed by atoms with Gasteiger partial charge >= 0.3 is 5.97 Å². The van der Waals surface area contributed by atoms with Crippen LogP contribution < -0.4 is 5.32 Å². The molecule has 2 aliphatic heterocycles. The molecular weight excluding hydrogens is 517 g/mol. The molecule has 0 aliphatic carbocycles. The SMILES string of the molecule is CCNC(=NCc1ccccc1CN1CCN(CC)CC1)N1CC(C)C(C(=O)OC)C1.I. The van der Waals surface area contributed by atoms with E-state index in [9.17, 15) is 4.79 Å². The van der Waals surface area contributed by atoms with E-state index < -0.39 is 0 Å².